The molecule has 1 aliphatic heterocycles. The Hall–Kier alpha value is -2.82. The molecule has 0 atom stereocenters. The Bertz CT molecular complexity index is 881. The molecule has 122 valence electrons. The smallest absolute Gasteiger partial charge is 0.253 e. The third-order valence-electron chi connectivity index (χ3n) is 4.56. The van der Waals surface area contributed by atoms with Gasteiger partial charge in [0.05, 0.1) is 5.69 Å². The second kappa shape index (κ2) is 6.00. The Morgan fingerprint density at radius 1 is 1.00 bits per heavy atom. The van der Waals surface area contributed by atoms with Crippen molar-refractivity contribution in [3.8, 4) is 0 Å². The van der Waals surface area contributed by atoms with E-state index in [1.807, 2.05) is 46.3 Å². The first-order valence-corrected chi connectivity index (χ1v) is 8.08. The fourth-order valence-electron chi connectivity index (χ4n) is 3.23. The van der Waals surface area contributed by atoms with Gasteiger partial charge in [-0.2, -0.15) is 0 Å². The Labute approximate surface area is 139 Å². The Balaban J connectivity index is 1.47. The normalized spacial score (nSPS) is 15.0. The van der Waals surface area contributed by atoms with Gasteiger partial charge in [-0.25, -0.2) is 4.39 Å². The van der Waals surface area contributed by atoms with Crippen molar-refractivity contribution < 1.29 is 9.18 Å². The highest BCUT2D eigenvalue weighted by molar-refractivity contribution is 5.98. The van der Waals surface area contributed by atoms with Gasteiger partial charge in [-0.05, 0) is 36.4 Å². The van der Waals surface area contributed by atoms with Gasteiger partial charge in [0.2, 0.25) is 0 Å². The molecule has 1 fully saturated rings. The number of para-hydroxylation sites is 1. The van der Waals surface area contributed by atoms with Gasteiger partial charge in [0.1, 0.15) is 5.82 Å². The lowest BCUT2D eigenvalue weighted by atomic mass is 10.1. The van der Waals surface area contributed by atoms with Crippen molar-refractivity contribution in [2.45, 2.75) is 0 Å². The van der Waals surface area contributed by atoms with Crippen molar-refractivity contribution in [2.75, 3.05) is 31.1 Å². The summed E-state index contributed by atoms with van der Waals surface area (Å²) < 4.78 is 13.9. The van der Waals surface area contributed by atoms with Crippen LogP contribution in [0.1, 0.15) is 10.4 Å². The number of anilines is 1. The number of carbonyl (C=O) groups is 1. The van der Waals surface area contributed by atoms with Crippen molar-refractivity contribution in [1.29, 1.82) is 0 Å². The molecule has 0 radical (unpaired) electrons. The summed E-state index contributed by atoms with van der Waals surface area (Å²) in [5.74, 6) is -0.179. The molecule has 1 saturated heterocycles. The van der Waals surface area contributed by atoms with Crippen LogP contribution in [0.3, 0.4) is 0 Å². The van der Waals surface area contributed by atoms with E-state index < -0.39 is 0 Å². The van der Waals surface area contributed by atoms with E-state index >= 15 is 0 Å². The van der Waals surface area contributed by atoms with Crippen LogP contribution in [-0.4, -0.2) is 42.0 Å². The maximum atomic E-state index is 13.9. The fourth-order valence-corrected chi connectivity index (χ4v) is 3.23. The van der Waals surface area contributed by atoms with E-state index in [0.717, 1.165) is 10.9 Å². The number of halogens is 1. The third kappa shape index (κ3) is 2.62. The number of amides is 1. The maximum absolute atomic E-state index is 13.9. The van der Waals surface area contributed by atoms with E-state index in [4.69, 9.17) is 0 Å². The first-order valence-electron chi connectivity index (χ1n) is 8.08. The summed E-state index contributed by atoms with van der Waals surface area (Å²) >= 11 is 0. The minimum absolute atomic E-state index is 0.0336. The number of carbonyl (C=O) groups excluding carboxylic acids is 1. The van der Waals surface area contributed by atoms with Crippen LogP contribution in [0, 0.1) is 5.82 Å². The molecule has 1 aromatic heterocycles. The molecule has 2 heterocycles. The Kier molecular flexibility index (Phi) is 3.69. The average molecular weight is 323 g/mol. The minimum atomic E-state index is -0.213. The van der Waals surface area contributed by atoms with Crippen LogP contribution in [0.2, 0.25) is 0 Å². The molecule has 0 unspecified atom stereocenters. The molecule has 24 heavy (non-hydrogen) atoms. The number of nitrogens with one attached hydrogen (secondary N) is 1. The van der Waals surface area contributed by atoms with Gasteiger partial charge in [0, 0.05) is 48.8 Å². The van der Waals surface area contributed by atoms with E-state index in [0.29, 0.717) is 37.4 Å². The molecule has 0 saturated carbocycles. The highest BCUT2D eigenvalue weighted by Crippen LogP contribution is 2.21. The molecule has 4 rings (SSSR count). The summed E-state index contributed by atoms with van der Waals surface area (Å²) in [6.45, 7) is 2.47. The predicted molar refractivity (Wildman–Crippen MR) is 92.8 cm³/mol. The van der Waals surface area contributed by atoms with Crippen molar-refractivity contribution in [2.24, 2.45) is 0 Å². The lowest BCUT2D eigenvalue weighted by Gasteiger charge is -2.36. The van der Waals surface area contributed by atoms with Gasteiger partial charge >= 0.3 is 0 Å². The molecule has 3 aromatic rings. The second-order valence-electron chi connectivity index (χ2n) is 6.01. The van der Waals surface area contributed by atoms with Gasteiger partial charge in [0.25, 0.3) is 5.91 Å². The lowest BCUT2D eigenvalue weighted by Crippen LogP contribution is -2.49. The van der Waals surface area contributed by atoms with Gasteiger partial charge in [-0.15, -0.1) is 0 Å². The first-order chi connectivity index (χ1) is 11.7. The summed E-state index contributed by atoms with van der Waals surface area (Å²) in [4.78, 5) is 19.7. The molecule has 1 aliphatic rings. The fraction of sp³-hybridized carbons (Fsp3) is 0.211. The number of piperazine rings is 1. The molecular formula is C19H18FN3O. The van der Waals surface area contributed by atoms with Crippen LogP contribution in [0.4, 0.5) is 10.1 Å². The molecule has 0 spiro atoms. The predicted octanol–water partition coefficient (Wildman–Crippen LogP) is 3.27. The molecule has 0 aliphatic carbocycles. The zero-order valence-corrected chi connectivity index (χ0v) is 13.2. The summed E-state index contributed by atoms with van der Waals surface area (Å²) in [6.07, 6.45) is 1.87. The van der Waals surface area contributed by atoms with Crippen LogP contribution in [-0.2, 0) is 0 Å². The number of fused-ring (bicyclic) bond motifs is 1. The monoisotopic (exact) mass is 323 g/mol. The number of benzene rings is 2. The Morgan fingerprint density at radius 2 is 1.79 bits per heavy atom. The van der Waals surface area contributed by atoms with Crippen LogP contribution in [0.15, 0.2) is 54.7 Å². The summed E-state index contributed by atoms with van der Waals surface area (Å²) in [5.41, 5.74) is 2.33. The van der Waals surface area contributed by atoms with E-state index in [2.05, 4.69) is 4.98 Å². The standard InChI is InChI=1S/C19H18FN3O/c20-16-3-1-2-4-18(16)22-9-11-23(12-10-22)19(24)15-5-6-17-14(13-15)7-8-21-17/h1-8,13,21H,9-12H2. The number of aromatic nitrogens is 1. The molecule has 1 amide bonds. The number of hydrogen-bond donors (Lipinski definition) is 1. The molecule has 1 N–H and O–H groups in total. The number of hydrogen-bond acceptors (Lipinski definition) is 2. The molecule has 5 heteroatoms. The summed E-state index contributed by atoms with van der Waals surface area (Å²) in [7, 11) is 0. The van der Waals surface area contributed by atoms with Gasteiger partial charge in [-0.3, -0.25) is 4.79 Å². The van der Waals surface area contributed by atoms with Crippen molar-refractivity contribution in [3.63, 3.8) is 0 Å². The lowest BCUT2D eigenvalue weighted by molar-refractivity contribution is 0.0747. The second-order valence-corrected chi connectivity index (χ2v) is 6.01. The SMILES string of the molecule is O=C(c1ccc2[nH]ccc2c1)N1CCN(c2ccccc2F)CC1. The first kappa shape index (κ1) is 14.8. The van der Waals surface area contributed by atoms with Crippen LogP contribution >= 0.6 is 0 Å². The minimum Gasteiger partial charge on any atom is -0.366 e. The number of rotatable bonds is 2. The number of nitrogens with zero attached hydrogens (tertiary/aromatic N) is 2. The van der Waals surface area contributed by atoms with E-state index in [1.54, 1.807) is 12.1 Å². The summed E-state index contributed by atoms with van der Waals surface area (Å²) in [6, 6.07) is 14.4. The Morgan fingerprint density at radius 3 is 2.58 bits per heavy atom. The van der Waals surface area contributed by atoms with Crippen molar-refractivity contribution >= 4 is 22.5 Å². The highest BCUT2D eigenvalue weighted by Gasteiger charge is 2.23. The molecule has 0 bridgehead atoms. The van der Waals surface area contributed by atoms with Crippen molar-refractivity contribution in [3.05, 3.63) is 66.1 Å². The molecule has 4 nitrogen and oxygen atoms in total. The maximum Gasteiger partial charge on any atom is 0.253 e. The number of aromatic amines is 1. The molecule has 2 aromatic carbocycles. The zero-order valence-electron chi connectivity index (χ0n) is 13.2. The van der Waals surface area contributed by atoms with Gasteiger partial charge < -0.3 is 14.8 Å². The molecular weight excluding hydrogens is 305 g/mol. The van der Waals surface area contributed by atoms with E-state index in [-0.39, 0.29) is 11.7 Å². The van der Waals surface area contributed by atoms with Crippen LogP contribution in [0.25, 0.3) is 10.9 Å². The van der Waals surface area contributed by atoms with Crippen LogP contribution < -0.4 is 4.90 Å². The summed E-state index contributed by atoms with van der Waals surface area (Å²) in [5, 5.41) is 1.03. The third-order valence-corrected chi connectivity index (χ3v) is 4.56. The van der Waals surface area contributed by atoms with Crippen molar-refractivity contribution in [1.82, 2.24) is 9.88 Å². The van der Waals surface area contributed by atoms with Gasteiger partial charge in [-0.1, -0.05) is 12.1 Å². The topological polar surface area (TPSA) is 39.3 Å². The van der Waals surface area contributed by atoms with Gasteiger partial charge in [0.15, 0.2) is 0 Å². The quantitative estimate of drug-likeness (QED) is 0.786. The largest absolute Gasteiger partial charge is 0.366 e. The number of H-pyrrole nitrogens is 1. The van der Waals surface area contributed by atoms with E-state index in [9.17, 15) is 9.18 Å². The zero-order chi connectivity index (χ0) is 16.5. The van der Waals surface area contributed by atoms with Crippen LogP contribution in [0.5, 0.6) is 0 Å². The highest BCUT2D eigenvalue weighted by atomic mass is 19.1. The average Bonchev–Trinajstić information content (AvgIpc) is 3.09. The van der Waals surface area contributed by atoms with E-state index in [1.165, 1.54) is 6.07 Å².